The number of aliphatic carboxylic acids is 1. The molecule has 2 N–H and O–H groups in total. The van der Waals surface area contributed by atoms with Gasteiger partial charge in [-0.15, -0.1) is 0 Å². The number of carboxylic acids is 1. The number of quaternary nitrogens is 2. The fourth-order valence-electron chi connectivity index (χ4n) is 3.10. The van der Waals surface area contributed by atoms with Crippen LogP contribution < -0.4 is 22.1 Å². The Kier molecular flexibility index (Phi) is 28.5. The molecule has 0 bridgehead atoms. The molecule has 172 valence electrons. The summed E-state index contributed by atoms with van der Waals surface area (Å²) in [4.78, 5) is 9.14. The monoisotopic (exact) mass is 470 g/mol. The first-order chi connectivity index (χ1) is 12.8. The lowest BCUT2D eigenvalue weighted by atomic mass is 10.3. The number of carbonyl (C=O) groups excluding carboxylic acids is 1. The summed E-state index contributed by atoms with van der Waals surface area (Å²) in [7, 11) is 0. The van der Waals surface area contributed by atoms with Gasteiger partial charge in [0.1, 0.15) is 0 Å². The van der Waals surface area contributed by atoms with E-state index in [4.69, 9.17) is 20.1 Å². The highest BCUT2D eigenvalue weighted by Crippen LogP contribution is 2.07. The molecule has 0 spiro atoms. The van der Waals surface area contributed by atoms with Crippen molar-refractivity contribution in [1.29, 1.82) is 0 Å². The number of nitrogens with zero attached hydrogens (tertiary/aromatic N) is 2. The quantitative estimate of drug-likeness (QED) is 0.251. The van der Waals surface area contributed by atoms with Gasteiger partial charge < -0.3 is 46.1 Å². The van der Waals surface area contributed by atoms with E-state index in [2.05, 4.69) is 48.1 Å². The summed E-state index contributed by atoms with van der Waals surface area (Å²) in [6.45, 7) is 26.3. The van der Waals surface area contributed by atoms with E-state index in [1.807, 2.05) is 0 Å². The van der Waals surface area contributed by atoms with Crippen molar-refractivity contribution < 1.29 is 46.1 Å². The van der Waals surface area contributed by atoms with Crippen LogP contribution in [0.25, 0.3) is 0 Å². The maximum absolute atomic E-state index is 9.14. The van der Waals surface area contributed by atoms with E-state index in [-0.39, 0.29) is 17.0 Å². The van der Waals surface area contributed by atoms with Gasteiger partial charge in [-0.1, -0.05) is 6.58 Å². The third-order valence-corrected chi connectivity index (χ3v) is 5.77. The van der Waals surface area contributed by atoms with Gasteiger partial charge in [-0.3, -0.25) is 0 Å². The molecule has 28 heavy (non-hydrogen) atoms. The van der Waals surface area contributed by atoms with Crippen LogP contribution in [0, 0.1) is 0 Å². The molecule has 0 saturated carbocycles. The zero-order chi connectivity index (χ0) is 21.8. The zero-order valence-electron chi connectivity index (χ0n) is 19.3. The molecule has 0 aliphatic carbocycles. The molecule has 0 saturated heterocycles. The first-order valence-corrected chi connectivity index (χ1v) is 10.5. The SMILES string of the molecule is C=CC(=O)[O-].CC[N+](CC)(CC)CCCO.CC[N+](CC)(CC)CCCO.[Br-]. The minimum absolute atomic E-state index is 0. The average molecular weight is 472 g/mol. The first-order valence-electron chi connectivity index (χ1n) is 10.5. The van der Waals surface area contributed by atoms with Gasteiger partial charge in [-0.2, -0.15) is 0 Å². The maximum Gasteiger partial charge on any atom is 0.0808 e. The fourth-order valence-corrected chi connectivity index (χ4v) is 3.10. The molecule has 6 nitrogen and oxygen atoms in total. The highest BCUT2D eigenvalue weighted by molar-refractivity contribution is 5.76. The number of aliphatic hydroxyl groups is 2. The van der Waals surface area contributed by atoms with Crippen LogP contribution in [-0.4, -0.2) is 90.7 Å². The van der Waals surface area contributed by atoms with Crippen LogP contribution in [0.1, 0.15) is 54.4 Å². The van der Waals surface area contributed by atoms with Crippen LogP contribution in [0.4, 0.5) is 0 Å². The second-order valence-electron chi connectivity index (χ2n) is 6.71. The van der Waals surface area contributed by atoms with E-state index in [9.17, 15) is 0 Å². The average Bonchev–Trinajstić information content (AvgIpc) is 2.72. The molecular formula is C21H47BrN2O4. The molecule has 0 atom stereocenters. The number of carboxylic acid groups (broad SMARTS) is 1. The molecule has 0 heterocycles. The second-order valence-corrected chi connectivity index (χ2v) is 6.71. The van der Waals surface area contributed by atoms with E-state index in [1.165, 1.54) is 39.3 Å². The summed E-state index contributed by atoms with van der Waals surface area (Å²) >= 11 is 0. The summed E-state index contributed by atoms with van der Waals surface area (Å²) in [5.41, 5.74) is 0. The molecule has 0 fully saturated rings. The second kappa shape index (κ2) is 22.8. The Hall–Kier alpha value is -0.470. The normalized spacial score (nSPS) is 10.6. The predicted octanol–water partition coefficient (Wildman–Crippen LogP) is -1.58. The van der Waals surface area contributed by atoms with E-state index in [0.717, 1.165) is 41.0 Å². The van der Waals surface area contributed by atoms with E-state index in [0.29, 0.717) is 13.2 Å². The van der Waals surface area contributed by atoms with Crippen molar-refractivity contribution >= 4 is 5.97 Å². The first kappa shape index (κ1) is 35.0. The van der Waals surface area contributed by atoms with Crippen molar-refractivity contribution in [3.63, 3.8) is 0 Å². The van der Waals surface area contributed by atoms with E-state index in [1.54, 1.807) is 0 Å². The number of hydrogen-bond acceptors (Lipinski definition) is 4. The van der Waals surface area contributed by atoms with Crippen molar-refractivity contribution in [2.24, 2.45) is 0 Å². The molecule has 0 aliphatic rings. The van der Waals surface area contributed by atoms with Crippen LogP contribution in [-0.2, 0) is 4.79 Å². The standard InChI is InChI=1S/2C9H22NO.C3H4O2.BrH/c2*1-4-10(5-2,6-3)8-7-9-11;1-2-3(4)5;/h2*11H,4-9H2,1-3H3;2H,1H2,(H,4,5);1H/q2*+1;;/p-2. The van der Waals surface area contributed by atoms with Crippen molar-refractivity contribution in [3.8, 4) is 0 Å². The summed E-state index contributed by atoms with van der Waals surface area (Å²) < 4.78 is 2.31. The largest absolute Gasteiger partial charge is 1.00 e. The Morgan fingerprint density at radius 2 is 1.00 bits per heavy atom. The molecule has 0 aromatic rings. The Balaban J connectivity index is -0.000000162. The van der Waals surface area contributed by atoms with Crippen LogP contribution in [0.2, 0.25) is 0 Å². The minimum Gasteiger partial charge on any atom is -1.00 e. The third kappa shape index (κ3) is 17.6. The summed E-state index contributed by atoms with van der Waals surface area (Å²) in [6.07, 6.45) is 2.60. The number of halogens is 1. The molecule has 0 radical (unpaired) electrons. The van der Waals surface area contributed by atoms with E-state index >= 15 is 0 Å². The van der Waals surface area contributed by atoms with Crippen LogP contribution in [0.5, 0.6) is 0 Å². The summed E-state index contributed by atoms with van der Waals surface area (Å²) in [5.74, 6) is -1.23. The molecule has 0 aromatic heterocycles. The molecule has 0 rings (SSSR count). The van der Waals surface area contributed by atoms with Gasteiger partial charge in [0.05, 0.1) is 58.3 Å². The summed E-state index contributed by atoms with van der Waals surface area (Å²) in [5, 5.41) is 26.6. The van der Waals surface area contributed by atoms with Gasteiger partial charge in [0.15, 0.2) is 0 Å². The lowest BCUT2D eigenvalue weighted by Crippen LogP contribution is -3.00. The highest BCUT2D eigenvalue weighted by Gasteiger charge is 2.19. The molecule has 0 amide bonds. The Bertz CT molecular complexity index is 307. The Morgan fingerprint density at radius 1 is 0.786 bits per heavy atom. The number of rotatable bonds is 13. The highest BCUT2D eigenvalue weighted by atomic mass is 79.9. The van der Waals surface area contributed by atoms with Crippen molar-refractivity contribution in [2.45, 2.75) is 54.4 Å². The van der Waals surface area contributed by atoms with Gasteiger partial charge in [-0.05, 0) is 47.6 Å². The minimum atomic E-state index is -1.23. The van der Waals surface area contributed by atoms with E-state index < -0.39 is 5.97 Å². The third-order valence-electron chi connectivity index (χ3n) is 5.77. The molecule has 0 aliphatic heterocycles. The molecular weight excluding hydrogens is 424 g/mol. The zero-order valence-corrected chi connectivity index (χ0v) is 20.8. The lowest BCUT2D eigenvalue weighted by Gasteiger charge is -2.35. The van der Waals surface area contributed by atoms with Gasteiger partial charge >= 0.3 is 0 Å². The Labute approximate surface area is 184 Å². The smallest absolute Gasteiger partial charge is 0.0808 e. The van der Waals surface area contributed by atoms with Crippen molar-refractivity contribution in [2.75, 3.05) is 65.6 Å². The lowest BCUT2D eigenvalue weighted by molar-refractivity contribution is -0.923. The van der Waals surface area contributed by atoms with Crippen molar-refractivity contribution in [1.82, 2.24) is 0 Å². The van der Waals surface area contributed by atoms with Gasteiger partial charge in [0.25, 0.3) is 0 Å². The number of carbonyl (C=O) groups is 1. The van der Waals surface area contributed by atoms with Crippen LogP contribution >= 0.6 is 0 Å². The fraction of sp³-hybridized carbons (Fsp3) is 0.857. The maximum atomic E-state index is 9.14. The molecule has 7 heteroatoms. The van der Waals surface area contributed by atoms with Gasteiger partial charge in [-0.25, -0.2) is 0 Å². The van der Waals surface area contributed by atoms with Crippen molar-refractivity contribution in [3.05, 3.63) is 12.7 Å². The molecule has 0 aromatic carbocycles. The summed E-state index contributed by atoms with van der Waals surface area (Å²) in [6, 6.07) is 0. The van der Waals surface area contributed by atoms with Gasteiger partial charge in [0, 0.05) is 26.1 Å². The predicted molar refractivity (Wildman–Crippen MR) is 112 cm³/mol. The number of aliphatic hydroxyl groups excluding tert-OH is 2. The number of hydrogen-bond donors (Lipinski definition) is 2. The Morgan fingerprint density at radius 3 is 1.11 bits per heavy atom. The van der Waals surface area contributed by atoms with Crippen LogP contribution in [0.15, 0.2) is 12.7 Å². The van der Waals surface area contributed by atoms with Crippen LogP contribution in [0.3, 0.4) is 0 Å². The van der Waals surface area contributed by atoms with Gasteiger partial charge in [0.2, 0.25) is 0 Å². The topological polar surface area (TPSA) is 80.6 Å². The molecule has 0 unspecified atom stereocenters.